The van der Waals surface area contributed by atoms with Crippen LogP contribution in [0.25, 0.3) is 0 Å². The average Bonchev–Trinajstić information content (AvgIpc) is 2.46. The number of nitrogens with zero attached hydrogens (tertiary/aromatic N) is 1. The summed E-state index contributed by atoms with van der Waals surface area (Å²) in [5.74, 6) is -1.04. The molecule has 0 saturated carbocycles. The molecule has 1 rings (SSSR count). The topological polar surface area (TPSA) is 108 Å². The molecule has 1 aromatic rings. The number of esters is 2. The molecule has 0 aromatic heterocycles. The van der Waals surface area contributed by atoms with Crippen molar-refractivity contribution in [3.63, 3.8) is 0 Å². The maximum absolute atomic E-state index is 11.4. The summed E-state index contributed by atoms with van der Waals surface area (Å²) in [4.78, 5) is 33.0. The van der Waals surface area contributed by atoms with Crippen molar-refractivity contribution < 1.29 is 24.0 Å². The first kappa shape index (κ1) is 16.6. The SMILES string of the molecule is CCOC(=O)CNCc1cc(C(=O)OC)ccc1[N+](=O)[O-]. The molecule has 0 radical (unpaired) electrons. The van der Waals surface area contributed by atoms with E-state index < -0.39 is 16.9 Å². The normalized spacial score (nSPS) is 10.0. The molecule has 0 atom stereocenters. The van der Waals surface area contributed by atoms with Gasteiger partial charge in [-0.15, -0.1) is 0 Å². The summed E-state index contributed by atoms with van der Waals surface area (Å²) in [5.41, 5.74) is 0.349. The first-order chi connectivity index (χ1) is 9.99. The third kappa shape index (κ3) is 4.84. The van der Waals surface area contributed by atoms with Gasteiger partial charge in [0.15, 0.2) is 0 Å². The molecule has 0 bridgehead atoms. The summed E-state index contributed by atoms with van der Waals surface area (Å²) in [5, 5.41) is 13.7. The predicted octanol–water partition coefficient (Wildman–Crippen LogP) is 1.03. The van der Waals surface area contributed by atoms with Gasteiger partial charge in [0.05, 0.1) is 30.7 Å². The Labute approximate surface area is 121 Å². The lowest BCUT2D eigenvalue weighted by molar-refractivity contribution is -0.385. The van der Waals surface area contributed by atoms with Crippen LogP contribution in [0.4, 0.5) is 5.69 Å². The molecule has 0 saturated heterocycles. The molecule has 0 amide bonds. The van der Waals surface area contributed by atoms with Gasteiger partial charge in [-0.05, 0) is 19.1 Å². The molecule has 0 fully saturated rings. The molecule has 0 aliphatic rings. The summed E-state index contributed by atoms with van der Waals surface area (Å²) in [6.45, 7) is 1.93. The van der Waals surface area contributed by atoms with Crippen molar-refractivity contribution in [3.05, 3.63) is 39.4 Å². The largest absolute Gasteiger partial charge is 0.465 e. The number of nitrogens with one attached hydrogen (secondary N) is 1. The van der Waals surface area contributed by atoms with Gasteiger partial charge in [-0.25, -0.2) is 4.79 Å². The molecule has 0 unspecified atom stereocenters. The highest BCUT2D eigenvalue weighted by Crippen LogP contribution is 2.20. The van der Waals surface area contributed by atoms with E-state index in [1.54, 1.807) is 6.92 Å². The van der Waals surface area contributed by atoms with E-state index in [0.29, 0.717) is 0 Å². The number of ether oxygens (including phenoxy) is 2. The highest BCUT2D eigenvalue weighted by atomic mass is 16.6. The van der Waals surface area contributed by atoms with Crippen molar-refractivity contribution in [2.24, 2.45) is 0 Å². The van der Waals surface area contributed by atoms with Crippen molar-refractivity contribution in [1.29, 1.82) is 0 Å². The molecule has 0 spiro atoms. The monoisotopic (exact) mass is 296 g/mol. The number of nitro benzene ring substituents is 1. The van der Waals surface area contributed by atoms with E-state index in [2.05, 4.69) is 10.1 Å². The molecular formula is C13H16N2O6. The Balaban J connectivity index is 2.84. The van der Waals surface area contributed by atoms with Crippen LogP contribution in [0.5, 0.6) is 0 Å². The zero-order valence-electron chi connectivity index (χ0n) is 11.8. The molecule has 1 aromatic carbocycles. The van der Waals surface area contributed by atoms with Crippen molar-refractivity contribution >= 4 is 17.6 Å². The van der Waals surface area contributed by atoms with E-state index in [0.717, 1.165) is 0 Å². The molecule has 0 aliphatic heterocycles. The van der Waals surface area contributed by atoms with E-state index in [4.69, 9.17) is 4.74 Å². The summed E-state index contributed by atoms with van der Waals surface area (Å²) in [6.07, 6.45) is 0. The molecule has 21 heavy (non-hydrogen) atoms. The Kier molecular flexibility index (Phi) is 6.28. The predicted molar refractivity (Wildman–Crippen MR) is 72.8 cm³/mol. The van der Waals surface area contributed by atoms with Crippen molar-refractivity contribution in [2.45, 2.75) is 13.5 Å². The molecular weight excluding hydrogens is 280 g/mol. The maximum Gasteiger partial charge on any atom is 0.337 e. The van der Waals surface area contributed by atoms with Crippen LogP contribution < -0.4 is 5.32 Å². The first-order valence-electron chi connectivity index (χ1n) is 6.21. The van der Waals surface area contributed by atoms with Gasteiger partial charge >= 0.3 is 11.9 Å². The van der Waals surface area contributed by atoms with Crippen molar-refractivity contribution in [3.8, 4) is 0 Å². The smallest absolute Gasteiger partial charge is 0.337 e. The van der Waals surface area contributed by atoms with Crippen LogP contribution in [-0.2, 0) is 20.8 Å². The quantitative estimate of drug-likeness (QED) is 0.455. The van der Waals surface area contributed by atoms with Gasteiger partial charge in [0.2, 0.25) is 0 Å². The van der Waals surface area contributed by atoms with Crippen LogP contribution in [0.15, 0.2) is 18.2 Å². The van der Waals surface area contributed by atoms with Crippen molar-refractivity contribution in [1.82, 2.24) is 5.32 Å². The molecule has 8 nitrogen and oxygen atoms in total. The van der Waals surface area contributed by atoms with E-state index in [9.17, 15) is 19.7 Å². The second-order valence-corrected chi connectivity index (χ2v) is 4.00. The molecule has 8 heteroatoms. The van der Waals surface area contributed by atoms with E-state index >= 15 is 0 Å². The van der Waals surface area contributed by atoms with Gasteiger partial charge in [0, 0.05) is 18.2 Å². The number of hydrogen-bond donors (Lipinski definition) is 1. The Bertz CT molecular complexity index is 543. The third-order valence-corrected chi connectivity index (χ3v) is 2.59. The second-order valence-electron chi connectivity index (χ2n) is 4.00. The fraction of sp³-hybridized carbons (Fsp3) is 0.385. The van der Waals surface area contributed by atoms with Gasteiger partial charge in [-0.1, -0.05) is 0 Å². The van der Waals surface area contributed by atoms with Gasteiger partial charge in [0.1, 0.15) is 0 Å². The minimum atomic E-state index is -0.587. The van der Waals surface area contributed by atoms with Gasteiger partial charge in [-0.2, -0.15) is 0 Å². The fourth-order valence-electron chi connectivity index (χ4n) is 1.66. The summed E-state index contributed by atoms with van der Waals surface area (Å²) < 4.78 is 9.29. The minimum absolute atomic E-state index is 0.0555. The Hall–Kier alpha value is -2.48. The van der Waals surface area contributed by atoms with Gasteiger partial charge in [-0.3, -0.25) is 14.9 Å². The van der Waals surface area contributed by atoms with Crippen LogP contribution in [0.2, 0.25) is 0 Å². The zero-order valence-corrected chi connectivity index (χ0v) is 11.8. The fourth-order valence-corrected chi connectivity index (χ4v) is 1.66. The van der Waals surface area contributed by atoms with Crippen LogP contribution >= 0.6 is 0 Å². The Morgan fingerprint density at radius 3 is 2.67 bits per heavy atom. The lowest BCUT2D eigenvalue weighted by Gasteiger charge is -2.07. The average molecular weight is 296 g/mol. The zero-order chi connectivity index (χ0) is 15.8. The maximum atomic E-state index is 11.4. The number of nitro groups is 1. The van der Waals surface area contributed by atoms with Gasteiger partial charge < -0.3 is 14.8 Å². The number of rotatable bonds is 7. The number of hydrogen-bond acceptors (Lipinski definition) is 7. The third-order valence-electron chi connectivity index (χ3n) is 2.59. The second kappa shape index (κ2) is 7.95. The number of methoxy groups -OCH3 is 1. The highest BCUT2D eigenvalue weighted by molar-refractivity contribution is 5.89. The molecule has 1 N–H and O–H groups in total. The lowest BCUT2D eigenvalue weighted by atomic mass is 10.1. The summed E-state index contributed by atoms with van der Waals surface area (Å²) >= 11 is 0. The van der Waals surface area contributed by atoms with Gasteiger partial charge in [0.25, 0.3) is 5.69 Å². The summed E-state index contributed by atoms with van der Waals surface area (Å²) in [6, 6.07) is 3.91. The standard InChI is InChI=1S/C13H16N2O6/c1-3-21-12(16)8-14-7-10-6-9(13(17)20-2)4-5-11(10)15(18)19/h4-6,14H,3,7-8H2,1-2H3. The lowest BCUT2D eigenvalue weighted by Crippen LogP contribution is -2.24. The molecule has 0 heterocycles. The van der Waals surface area contributed by atoms with E-state index in [1.807, 2.05) is 0 Å². The van der Waals surface area contributed by atoms with Crippen molar-refractivity contribution in [2.75, 3.05) is 20.3 Å². The number of carbonyl (C=O) groups is 2. The van der Waals surface area contributed by atoms with E-state index in [1.165, 1.54) is 25.3 Å². The van der Waals surface area contributed by atoms with E-state index in [-0.39, 0.29) is 36.5 Å². The first-order valence-corrected chi connectivity index (χ1v) is 6.21. The van der Waals surface area contributed by atoms with Crippen LogP contribution in [0.3, 0.4) is 0 Å². The minimum Gasteiger partial charge on any atom is -0.465 e. The number of benzene rings is 1. The molecule has 114 valence electrons. The van der Waals surface area contributed by atoms with Crippen LogP contribution in [0.1, 0.15) is 22.8 Å². The number of carbonyl (C=O) groups excluding carboxylic acids is 2. The summed E-state index contributed by atoms with van der Waals surface area (Å²) in [7, 11) is 1.22. The van der Waals surface area contributed by atoms with Crippen LogP contribution in [0, 0.1) is 10.1 Å². The highest BCUT2D eigenvalue weighted by Gasteiger charge is 2.17. The van der Waals surface area contributed by atoms with Crippen LogP contribution in [-0.4, -0.2) is 37.1 Å². The Morgan fingerprint density at radius 2 is 2.10 bits per heavy atom. The Morgan fingerprint density at radius 1 is 1.38 bits per heavy atom. The molecule has 0 aliphatic carbocycles.